The number of nitrogens with one attached hydrogen (secondary N) is 3. The fourth-order valence-corrected chi connectivity index (χ4v) is 13.1. The molecule has 1 aliphatic carbocycles. The maximum absolute atomic E-state index is 15.1. The highest BCUT2D eigenvalue weighted by atomic mass is 79.9. The van der Waals surface area contributed by atoms with Gasteiger partial charge in [0.25, 0.3) is 0 Å². The lowest BCUT2D eigenvalue weighted by atomic mass is 9.91. The van der Waals surface area contributed by atoms with Crippen molar-refractivity contribution in [2.24, 2.45) is 17.8 Å². The summed E-state index contributed by atoms with van der Waals surface area (Å²) < 4.78 is 42.0. The van der Waals surface area contributed by atoms with Crippen LogP contribution in [0.2, 0.25) is 5.02 Å². The van der Waals surface area contributed by atoms with Crippen molar-refractivity contribution >= 4 is 92.5 Å². The average Bonchev–Trinajstić information content (AvgIpc) is 1.50. The van der Waals surface area contributed by atoms with Crippen molar-refractivity contribution in [3.63, 3.8) is 0 Å². The summed E-state index contributed by atoms with van der Waals surface area (Å²) >= 11 is 9.56. The van der Waals surface area contributed by atoms with Gasteiger partial charge in [0.05, 0.1) is 30.2 Å². The molecule has 22 nitrogen and oxygen atoms in total. The number of nitrogens with zero attached hydrogens (tertiary/aromatic N) is 8. The predicted molar refractivity (Wildman–Crippen MR) is 344 cm³/mol. The number of benzene rings is 2. The maximum atomic E-state index is 15.1. The van der Waals surface area contributed by atoms with Crippen LogP contribution in [0.5, 0.6) is 0 Å². The van der Waals surface area contributed by atoms with Gasteiger partial charge in [-0.1, -0.05) is 107 Å². The lowest BCUT2D eigenvalue weighted by Gasteiger charge is -2.41. The van der Waals surface area contributed by atoms with E-state index in [0.29, 0.717) is 41.3 Å². The van der Waals surface area contributed by atoms with Gasteiger partial charge in [-0.3, -0.25) is 52.7 Å². The molecule has 92 heavy (non-hydrogen) atoms. The standard InChI is InChI=1S/C65H94BrClF3N11O11/c1-15-40(6)55-61(90)76(10)36-53(84)74(8)37-54(85)79(13)50(34-43-20-18-21-44(66)32-43)60(89)75(9)35-51(82)71-47(26-24-42-23-25-45(46(67)33-42)65(68,69)70)59(88)81-29-19-22-48(81)58(87)73-64(27-16-17-28-64)63(92)80(14)56(39(4)5)62(91)77(11)41(7)31-52(83)78(12)49(30-38(2)3)57(86)72-55/h18,20-21,23,25,32-33,38-41,47-50,55-56H,15-17,19,22,24,26-31,34-37H2,1-14H3,(H,71,82)(H,72,86)(H,73,87)/t40-,41+,47-,48?,49-,50-,55-,56-/m0/s1. The molecule has 0 radical (unpaired) electrons. The summed E-state index contributed by atoms with van der Waals surface area (Å²) in [5.74, 6) is -8.12. The molecule has 2 aromatic rings. The van der Waals surface area contributed by atoms with E-state index in [-0.39, 0.29) is 63.8 Å². The first kappa shape index (κ1) is 75.9. The smallest absolute Gasteiger partial charge is 0.343 e. The van der Waals surface area contributed by atoms with Gasteiger partial charge in [-0.15, -0.1) is 0 Å². The van der Waals surface area contributed by atoms with Gasteiger partial charge in [-0.05, 0) is 105 Å². The van der Waals surface area contributed by atoms with Crippen LogP contribution in [0.1, 0.15) is 129 Å². The first-order chi connectivity index (χ1) is 42.9. The third-order valence-corrected chi connectivity index (χ3v) is 19.1. The summed E-state index contributed by atoms with van der Waals surface area (Å²) in [6, 6.07) is 2.12. The van der Waals surface area contributed by atoms with Crippen LogP contribution in [-0.4, -0.2) is 228 Å². The molecule has 0 aromatic heterocycles. The summed E-state index contributed by atoms with van der Waals surface area (Å²) in [7, 11) is 9.91. The van der Waals surface area contributed by atoms with Crippen molar-refractivity contribution in [3.05, 3.63) is 68.7 Å². The van der Waals surface area contributed by atoms with E-state index in [1.54, 1.807) is 52.0 Å². The van der Waals surface area contributed by atoms with Gasteiger partial charge < -0.3 is 55.1 Å². The zero-order chi connectivity index (χ0) is 69.0. The molecule has 1 saturated carbocycles. The lowest BCUT2D eigenvalue weighted by molar-refractivity contribution is -0.152. The fraction of sp³-hybridized carbons (Fsp3) is 0.646. The quantitative estimate of drug-likeness (QED) is 0.266. The zero-order valence-corrected chi connectivity index (χ0v) is 57.9. The minimum absolute atomic E-state index is 0.0406. The number of alkyl halides is 3. The monoisotopic (exact) mass is 1380 g/mol. The Morgan fingerprint density at radius 2 is 1.29 bits per heavy atom. The van der Waals surface area contributed by atoms with Crippen LogP contribution < -0.4 is 16.0 Å². The molecule has 0 bridgehead atoms. The molecular formula is C65H94BrClF3N11O11. The molecule has 3 fully saturated rings. The van der Waals surface area contributed by atoms with Crippen LogP contribution in [0.25, 0.3) is 0 Å². The van der Waals surface area contributed by atoms with Crippen LogP contribution in [0, 0.1) is 17.8 Å². The van der Waals surface area contributed by atoms with E-state index in [2.05, 4.69) is 31.9 Å². The number of aryl methyl sites for hydroxylation is 1. The van der Waals surface area contributed by atoms with Crippen LogP contribution in [0.4, 0.5) is 13.2 Å². The summed E-state index contributed by atoms with van der Waals surface area (Å²) in [6.45, 7) is 10.8. The number of hydrogen-bond acceptors (Lipinski definition) is 11. The second-order valence-corrected chi connectivity index (χ2v) is 27.4. The number of carbonyl (C=O) groups is 11. The minimum atomic E-state index is -4.76. The number of carbonyl (C=O) groups excluding carboxylic acids is 11. The zero-order valence-electron chi connectivity index (χ0n) is 55.6. The SMILES string of the molecule is CC[C@H](C)[C@@H]1NC(=O)[C@H](CC(C)C)N(C)C(=O)C[C@@H](C)N(C)C(=O)[C@H](C(C)C)N(C)C(=O)C2(CCCC2)NC(=O)C2CCCN2C(=O)[C@H](CCc2ccc(C(F)(F)F)c(Cl)c2)NC(=O)CN(C)C(=O)[C@H](Cc2cccc(Br)c2)N(C)C(=O)CN(C)C(=O)CN(C)C1=O. The van der Waals surface area contributed by atoms with E-state index in [0.717, 1.165) is 31.7 Å². The van der Waals surface area contributed by atoms with E-state index in [9.17, 15) is 56.3 Å². The highest BCUT2D eigenvalue weighted by Crippen LogP contribution is 2.37. The molecule has 1 unspecified atom stereocenters. The van der Waals surface area contributed by atoms with Gasteiger partial charge in [-0.2, -0.15) is 13.2 Å². The van der Waals surface area contributed by atoms with E-state index in [1.165, 1.54) is 75.0 Å². The average molecular weight is 1380 g/mol. The second-order valence-electron chi connectivity index (χ2n) is 26.1. The van der Waals surface area contributed by atoms with E-state index < -0.39 is 161 Å². The fourth-order valence-electron chi connectivity index (χ4n) is 12.3. The van der Waals surface area contributed by atoms with Crippen molar-refractivity contribution in [3.8, 4) is 0 Å². The van der Waals surface area contributed by atoms with Gasteiger partial charge in [-0.25, -0.2) is 0 Å². The minimum Gasteiger partial charge on any atom is -0.343 e. The first-order valence-corrected chi connectivity index (χ1v) is 32.7. The number of halogens is 5. The Morgan fingerprint density at radius 1 is 0.674 bits per heavy atom. The largest absolute Gasteiger partial charge is 0.417 e. The van der Waals surface area contributed by atoms with Crippen molar-refractivity contribution < 1.29 is 65.9 Å². The summed E-state index contributed by atoms with van der Waals surface area (Å²) in [5, 5.41) is 8.03. The summed E-state index contributed by atoms with van der Waals surface area (Å²) in [4.78, 5) is 170. The topological polar surface area (TPSA) is 250 Å². The van der Waals surface area contributed by atoms with Crippen molar-refractivity contribution in [1.29, 1.82) is 0 Å². The maximum Gasteiger partial charge on any atom is 0.417 e. The van der Waals surface area contributed by atoms with Gasteiger partial charge in [0.1, 0.15) is 41.8 Å². The molecule has 8 atom stereocenters. The lowest BCUT2D eigenvalue weighted by Crippen LogP contribution is -2.64. The highest BCUT2D eigenvalue weighted by Gasteiger charge is 2.50. The van der Waals surface area contributed by atoms with Gasteiger partial charge in [0.2, 0.25) is 65.0 Å². The van der Waals surface area contributed by atoms with Crippen LogP contribution in [0.3, 0.4) is 0 Å². The normalized spacial score (nSPS) is 24.9. The van der Waals surface area contributed by atoms with E-state index in [1.807, 2.05) is 20.8 Å². The number of fused-ring (bicyclic) bond motifs is 1. The Hall–Kier alpha value is -6.83. The Labute approximate surface area is 552 Å². The molecule has 2 aromatic carbocycles. The molecule has 2 aliphatic heterocycles. The third kappa shape index (κ3) is 19.2. The van der Waals surface area contributed by atoms with Gasteiger partial charge in [0, 0.05) is 79.2 Å². The summed E-state index contributed by atoms with van der Waals surface area (Å²) in [5.41, 5.74) is -1.69. The van der Waals surface area contributed by atoms with Crippen molar-refractivity contribution in [2.75, 3.05) is 75.5 Å². The predicted octanol–water partition coefficient (Wildman–Crippen LogP) is 5.54. The first-order valence-electron chi connectivity index (χ1n) is 31.6. The molecule has 510 valence electrons. The number of rotatable bonds is 10. The molecule has 11 amide bonds. The molecule has 3 aliphatic rings. The van der Waals surface area contributed by atoms with Gasteiger partial charge in [0.15, 0.2) is 0 Å². The number of amides is 11. The Bertz CT molecular complexity index is 3040. The van der Waals surface area contributed by atoms with Gasteiger partial charge >= 0.3 is 6.18 Å². The Morgan fingerprint density at radius 3 is 1.88 bits per heavy atom. The number of likely N-dealkylation sites (N-methyl/N-ethyl adjacent to an activating group) is 7. The Kier molecular flexibility index (Phi) is 27.1. The van der Waals surface area contributed by atoms with Crippen LogP contribution >= 0.6 is 27.5 Å². The van der Waals surface area contributed by atoms with E-state index >= 15 is 9.59 Å². The Balaban J connectivity index is 1.57. The third-order valence-electron chi connectivity index (χ3n) is 18.3. The number of hydrogen-bond donors (Lipinski definition) is 3. The second kappa shape index (κ2) is 32.8. The molecule has 2 saturated heterocycles. The molecule has 2 heterocycles. The molecule has 5 rings (SSSR count). The molecular weight excluding hydrogens is 1280 g/mol. The molecule has 1 spiro atoms. The van der Waals surface area contributed by atoms with Crippen molar-refractivity contribution in [1.82, 2.24) is 55.1 Å². The highest BCUT2D eigenvalue weighted by molar-refractivity contribution is 9.10. The van der Waals surface area contributed by atoms with Crippen LogP contribution in [-0.2, 0) is 71.8 Å². The van der Waals surface area contributed by atoms with Crippen molar-refractivity contribution in [2.45, 2.75) is 180 Å². The van der Waals surface area contributed by atoms with E-state index in [4.69, 9.17) is 11.6 Å². The molecule has 3 N–H and O–H groups in total. The molecule has 27 heteroatoms. The summed E-state index contributed by atoms with van der Waals surface area (Å²) in [6.07, 6.45) is -2.77. The van der Waals surface area contributed by atoms with Crippen LogP contribution in [0.15, 0.2) is 46.9 Å².